The maximum atomic E-state index is 11.8. The SMILES string of the molecule is CCNC(=O)c1ccc([N+](=O)[O-])c(N(C)C(C)C(=O)O)c1. The molecule has 114 valence electrons. The molecule has 21 heavy (non-hydrogen) atoms. The third kappa shape index (κ3) is 3.68. The number of benzene rings is 1. The molecule has 0 spiro atoms. The van der Waals surface area contributed by atoms with E-state index in [-0.39, 0.29) is 22.8 Å². The fourth-order valence-electron chi connectivity index (χ4n) is 1.74. The van der Waals surface area contributed by atoms with Gasteiger partial charge in [-0.2, -0.15) is 0 Å². The number of likely N-dealkylation sites (N-methyl/N-ethyl adjacent to an activating group) is 1. The molecule has 8 heteroatoms. The van der Waals surface area contributed by atoms with E-state index in [4.69, 9.17) is 5.11 Å². The lowest BCUT2D eigenvalue weighted by Crippen LogP contribution is -2.36. The summed E-state index contributed by atoms with van der Waals surface area (Å²) in [5.74, 6) is -1.49. The molecule has 0 saturated heterocycles. The van der Waals surface area contributed by atoms with Gasteiger partial charge in [-0.1, -0.05) is 0 Å². The first kappa shape index (κ1) is 16.4. The second kappa shape index (κ2) is 6.69. The summed E-state index contributed by atoms with van der Waals surface area (Å²) in [5.41, 5.74) is 0.0687. The first-order valence-electron chi connectivity index (χ1n) is 6.31. The topological polar surface area (TPSA) is 113 Å². The van der Waals surface area contributed by atoms with Crippen LogP contribution in [0.1, 0.15) is 24.2 Å². The number of nitrogens with one attached hydrogen (secondary N) is 1. The first-order chi connectivity index (χ1) is 9.79. The fraction of sp³-hybridized carbons (Fsp3) is 0.385. The number of anilines is 1. The molecule has 0 bridgehead atoms. The lowest BCUT2D eigenvalue weighted by molar-refractivity contribution is -0.384. The molecule has 1 rings (SSSR count). The maximum absolute atomic E-state index is 11.8. The predicted octanol–water partition coefficient (Wildman–Crippen LogP) is 1.25. The van der Waals surface area contributed by atoms with Crippen LogP contribution in [0.25, 0.3) is 0 Å². The molecule has 8 nitrogen and oxygen atoms in total. The Morgan fingerprint density at radius 3 is 2.57 bits per heavy atom. The van der Waals surface area contributed by atoms with E-state index in [1.807, 2.05) is 0 Å². The number of amides is 1. The number of hydrogen-bond acceptors (Lipinski definition) is 5. The van der Waals surface area contributed by atoms with Gasteiger partial charge in [0.2, 0.25) is 0 Å². The third-order valence-corrected chi connectivity index (χ3v) is 3.09. The van der Waals surface area contributed by atoms with Crippen molar-refractivity contribution in [1.29, 1.82) is 0 Å². The summed E-state index contributed by atoms with van der Waals surface area (Å²) in [6.07, 6.45) is 0. The Morgan fingerprint density at radius 2 is 2.10 bits per heavy atom. The molecule has 1 amide bonds. The van der Waals surface area contributed by atoms with E-state index in [1.165, 1.54) is 37.1 Å². The number of carbonyl (C=O) groups excluding carboxylic acids is 1. The molecule has 1 unspecified atom stereocenters. The molecule has 0 aliphatic rings. The van der Waals surface area contributed by atoms with Crippen molar-refractivity contribution in [2.75, 3.05) is 18.5 Å². The van der Waals surface area contributed by atoms with Gasteiger partial charge in [-0.25, -0.2) is 4.79 Å². The summed E-state index contributed by atoms with van der Waals surface area (Å²) >= 11 is 0. The van der Waals surface area contributed by atoms with Crippen LogP contribution >= 0.6 is 0 Å². The number of carbonyl (C=O) groups is 2. The second-order valence-electron chi connectivity index (χ2n) is 4.45. The minimum absolute atomic E-state index is 0.0821. The zero-order valence-corrected chi connectivity index (χ0v) is 12.0. The summed E-state index contributed by atoms with van der Waals surface area (Å²) in [6, 6.07) is 2.90. The standard InChI is InChI=1S/C13H17N3O5/c1-4-14-12(17)9-5-6-10(16(20)21)11(7-9)15(3)8(2)13(18)19/h5-8H,4H2,1-3H3,(H,14,17)(H,18,19). The number of nitro groups is 1. The molecule has 2 N–H and O–H groups in total. The zero-order chi connectivity index (χ0) is 16.2. The summed E-state index contributed by atoms with van der Waals surface area (Å²) in [6.45, 7) is 3.58. The van der Waals surface area contributed by atoms with E-state index < -0.39 is 16.9 Å². The van der Waals surface area contributed by atoms with Gasteiger partial charge < -0.3 is 15.3 Å². The van der Waals surface area contributed by atoms with E-state index in [0.717, 1.165) is 0 Å². The van der Waals surface area contributed by atoms with Crippen LogP contribution in [-0.2, 0) is 4.79 Å². The van der Waals surface area contributed by atoms with Crippen molar-refractivity contribution >= 4 is 23.3 Å². The molecular weight excluding hydrogens is 278 g/mol. The van der Waals surface area contributed by atoms with Crippen molar-refractivity contribution in [2.24, 2.45) is 0 Å². The molecule has 0 aliphatic carbocycles. The predicted molar refractivity (Wildman–Crippen MR) is 76.6 cm³/mol. The number of carboxylic acid groups (broad SMARTS) is 1. The molecule has 1 aromatic carbocycles. The highest BCUT2D eigenvalue weighted by Crippen LogP contribution is 2.29. The van der Waals surface area contributed by atoms with Crippen LogP contribution in [-0.4, -0.2) is 41.5 Å². The highest BCUT2D eigenvalue weighted by molar-refractivity contribution is 5.96. The molecule has 0 aromatic heterocycles. The van der Waals surface area contributed by atoms with Gasteiger partial charge in [-0.15, -0.1) is 0 Å². The summed E-state index contributed by atoms with van der Waals surface area (Å²) in [4.78, 5) is 34.5. The van der Waals surface area contributed by atoms with Gasteiger partial charge in [0.1, 0.15) is 11.7 Å². The van der Waals surface area contributed by atoms with Crippen molar-refractivity contribution < 1.29 is 19.6 Å². The van der Waals surface area contributed by atoms with Crippen molar-refractivity contribution in [2.45, 2.75) is 19.9 Å². The lowest BCUT2D eigenvalue weighted by atomic mass is 10.1. The smallest absolute Gasteiger partial charge is 0.326 e. The van der Waals surface area contributed by atoms with Crippen molar-refractivity contribution in [3.63, 3.8) is 0 Å². The van der Waals surface area contributed by atoms with Gasteiger partial charge in [0.25, 0.3) is 11.6 Å². The number of carboxylic acids is 1. The van der Waals surface area contributed by atoms with Crippen LogP contribution in [0, 0.1) is 10.1 Å². The Labute approximate surface area is 121 Å². The summed E-state index contributed by atoms with van der Waals surface area (Å²) < 4.78 is 0. The van der Waals surface area contributed by atoms with E-state index in [2.05, 4.69) is 5.32 Å². The van der Waals surface area contributed by atoms with Crippen LogP contribution in [0.4, 0.5) is 11.4 Å². The fourth-order valence-corrected chi connectivity index (χ4v) is 1.74. The molecular formula is C13H17N3O5. The first-order valence-corrected chi connectivity index (χ1v) is 6.31. The highest BCUT2D eigenvalue weighted by Gasteiger charge is 2.25. The Kier molecular flexibility index (Phi) is 5.23. The Balaban J connectivity index is 3.31. The summed E-state index contributed by atoms with van der Waals surface area (Å²) in [5, 5.41) is 22.7. The number of nitro benzene ring substituents is 1. The number of hydrogen-bond donors (Lipinski definition) is 2. The van der Waals surface area contributed by atoms with Gasteiger partial charge in [0.15, 0.2) is 0 Å². The molecule has 0 saturated carbocycles. The molecule has 0 radical (unpaired) electrons. The van der Waals surface area contributed by atoms with Crippen LogP contribution in [0.5, 0.6) is 0 Å². The Bertz CT molecular complexity index is 573. The van der Waals surface area contributed by atoms with Gasteiger partial charge in [-0.3, -0.25) is 14.9 Å². The van der Waals surface area contributed by atoms with E-state index in [1.54, 1.807) is 6.92 Å². The van der Waals surface area contributed by atoms with Gasteiger partial charge in [0, 0.05) is 25.2 Å². The molecule has 1 atom stereocenters. The van der Waals surface area contributed by atoms with Crippen LogP contribution in [0.3, 0.4) is 0 Å². The number of nitrogens with zero attached hydrogens (tertiary/aromatic N) is 2. The Morgan fingerprint density at radius 1 is 1.48 bits per heavy atom. The summed E-state index contributed by atoms with van der Waals surface area (Å²) in [7, 11) is 1.43. The number of rotatable bonds is 6. The van der Waals surface area contributed by atoms with Crippen molar-refractivity contribution in [3.8, 4) is 0 Å². The van der Waals surface area contributed by atoms with Gasteiger partial charge in [0.05, 0.1) is 4.92 Å². The Hall–Kier alpha value is -2.64. The van der Waals surface area contributed by atoms with E-state index in [9.17, 15) is 19.7 Å². The number of aliphatic carboxylic acids is 1. The monoisotopic (exact) mass is 295 g/mol. The molecule has 1 aromatic rings. The van der Waals surface area contributed by atoms with Gasteiger partial charge in [-0.05, 0) is 26.0 Å². The van der Waals surface area contributed by atoms with E-state index >= 15 is 0 Å². The van der Waals surface area contributed by atoms with Crippen molar-refractivity contribution in [3.05, 3.63) is 33.9 Å². The third-order valence-electron chi connectivity index (χ3n) is 3.09. The largest absolute Gasteiger partial charge is 0.480 e. The average Bonchev–Trinajstić information content (AvgIpc) is 2.45. The minimum Gasteiger partial charge on any atom is -0.480 e. The van der Waals surface area contributed by atoms with E-state index in [0.29, 0.717) is 6.54 Å². The minimum atomic E-state index is -1.12. The second-order valence-corrected chi connectivity index (χ2v) is 4.45. The van der Waals surface area contributed by atoms with Crippen molar-refractivity contribution in [1.82, 2.24) is 5.32 Å². The molecule has 0 heterocycles. The van der Waals surface area contributed by atoms with Crippen LogP contribution in [0.2, 0.25) is 0 Å². The molecule has 0 fully saturated rings. The zero-order valence-electron chi connectivity index (χ0n) is 12.0. The van der Waals surface area contributed by atoms with Gasteiger partial charge >= 0.3 is 5.97 Å². The molecule has 0 aliphatic heterocycles. The van der Waals surface area contributed by atoms with Crippen LogP contribution < -0.4 is 10.2 Å². The highest BCUT2D eigenvalue weighted by atomic mass is 16.6. The lowest BCUT2D eigenvalue weighted by Gasteiger charge is -2.23. The normalized spacial score (nSPS) is 11.6. The average molecular weight is 295 g/mol. The quantitative estimate of drug-likeness (QED) is 0.603. The van der Waals surface area contributed by atoms with Crippen LogP contribution in [0.15, 0.2) is 18.2 Å². The maximum Gasteiger partial charge on any atom is 0.326 e.